The number of aliphatic carboxylic acids is 1. The zero-order chi connectivity index (χ0) is 17.0. The van der Waals surface area contributed by atoms with Crippen LogP contribution in [0.1, 0.15) is 39.9 Å². The molecule has 0 saturated carbocycles. The van der Waals surface area contributed by atoms with Crippen LogP contribution in [0.25, 0.3) is 0 Å². The van der Waals surface area contributed by atoms with Crippen molar-refractivity contribution < 1.29 is 19.4 Å². The molecule has 1 unspecified atom stereocenters. The largest absolute Gasteiger partial charge is 0.481 e. The number of nitrogens with one attached hydrogen (secondary N) is 1. The molecule has 0 fully saturated rings. The van der Waals surface area contributed by atoms with E-state index in [4.69, 9.17) is 4.74 Å². The molecule has 0 aliphatic rings. The minimum Gasteiger partial charge on any atom is -0.481 e. The quantitative estimate of drug-likeness (QED) is 0.795. The van der Waals surface area contributed by atoms with Crippen LogP contribution in [0.15, 0.2) is 0 Å². The third kappa shape index (κ3) is 4.97. The lowest BCUT2D eigenvalue weighted by Gasteiger charge is -2.28. The van der Waals surface area contributed by atoms with Gasteiger partial charge in [0.15, 0.2) is 5.82 Å². The summed E-state index contributed by atoms with van der Waals surface area (Å²) in [4.78, 5) is 24.7. The summed E-state index contributed by atoms with van der Waals surface area (Å²) in [6.07, 6.45) is -0.280. The van der Waals surface area contributed by atoms with Gasteiger partial charge in [-0.1, -0.05) is 6.92 Å². The minimum absolute atomic E-state index is 0.0719. The van der Waals surface area contributed by atoms with E-state index < -0.39 is 23.1 Å². The van der Waals surface area contributed by atoms with E-state index in [0.29, 0.717) is 12.2 Å². The highest BCUT2D eigenvalue weighted by Gasteiger charge is 2.39. The Labute approximate surface area is 129 Å². The first kappa shape index (κ1) is 17.9. The summed E-state index contributed by atoms with van der Waals surface area (Å²) in [6, 6.07) is 0. The van der Waals surface area contributed by atoms with Crippen LogP contribution in [0.4, 0.5) is 4.79 Å². The Balaban J connectivity index is 2.80. The molecule has 22 heavy (non-hydrogen) atoms. The van der Waals surface area contributed by atoms with Crippen LogP contribution < -0.4 is 5.32 Å². The summed E-state index contributed by atoms with van der Waals surface area (Å²) in [5, 5.41) is 23.6. The monoisotopic (exact) mass is 313 g/mol. The Morgan fingerprint density at radius 2 is 2.00 bits per heavy atom. The molecule has 124 valence electrons. The van der Waals surface area contributed by atoms with Crippen molar-refractivity contribution in [1.29, 1.82) is 0 Å². The lowest BCUT2D eigenvalue weighted by molar-refractivity contribution is -0.149. The van der Waals surface area contributed by atoms with Gasteiger partial charge in [0.1, 0.15) is 5.60 Å². The molecule has 1 aromatic rings. The van der Waals surface area contributed by atoms with Gasteiger partial charge in [0.25, 0.3) is 0 Å². The van der Waals surface area contributed by atoms with Crippen molar-refractivity contribution in [2.45, 2.75) is 46.1 Å². The Morgan fingerprint density at radius 1 is 1.36 bits per heavy atom. The number of tetrazole rings is 1. The molecular formula is C13H23N5O4. The zero-order valence-electron chi connectivity index (χ0n) is 13.6. The van der Waals surface area contributed by atoms with E-state index in [2.05, 4.69) is 20.7 Å². The van der Waals surface area contributed by atoms with Gasteiger partial charge in [0, 0.05) is 13.0 Å². The first-order chi connectivity index (χ1) is 10.1. The van der Waals surface area contributed by atoms with E-state index in [1.807, 2.05) is 0 Å². The molecule has 1 amide bonds. The van der Waals surface area contributed by atoms with Crippen LogP contribution in [0, 0.1) is 5.41 Å². The highest BCUT2D eigenvalue weighted by atomic mass is 16.6. The summed E-state index contributed by atoms with van der Waals surface area (Å²) in [6.45, 7) is 6.87. The zero-order valence-corrected chi connectivity index (χ0v) is 13.6. The molecule has 9 heteroatoms. The number of alkyl carbamates (subject to hydrolysis) is 1. The summed E-state index contributed by atoms with van der Waals surface area (Å²) < 4.78 is 5.12. The number of amides is 1. The molecule has 2 N–H and O–H groups in total. The predicted octanol–water partition coefficient (Wildman–Crippen LogP) is 0.758. The Bertz CT molecular complexity index is 537. The number of rotatable bonds is 6. The normalized spacial score (nSPS) is 14.2. The minimum atomic E-state index is -1.21. The number of aryl methyl sites for hydroxylation is 1. The van der Waals surface area contributed by atoms with Gasteiger partial charge in [-0.3, -0.25) is 4.79 Å². The van der Waals surface area contributed by atoms with Crippen molar-refractivity contribution in [2.75, 3.05) is 6.54 Å². The van der Waals surface area contributed by atoms with Crippen molar-refractivity contribution >= 4 is 12.1 Å². The molecule has 9 nitrogen and oxygen atoms in total. The topological polar surface area (TPSA) is 119 Å². The highest BCUT2D eigenvalue weighted by molar-refractivity contribution is 5.76. The fourth-order valence-electron chi connectivity index (χ4n) is 1.87. The molecule has 0 aromatic carbocycles. The fraction of sp³-hybridized carbons (Fsp3) is 0.769. The molecule has 1 atom stereocenters. The molecule has 1 rings (SSSR count). The van der Waals surface area contributed by atoms with Gasteiger partial charge >= 0.3 is 12.1 Å². The van der Waals surface area contributed by atoms with Crippen molar-refractivity contribution in [3.05, 3.63) is 5.82 Å². The van der Waals surface area contributed by atoms with Gasteiger partial charge in [0.2, 0.25) is 0 Å². The number of nitrogens with zero attached hydrogens (tertiary/aromatic N) is 4. The second-order valence-electron chi connectivity index (χ2n) is 6.17. The van der Waals surface area contributed by atoms with Crippen molar-refractivity contribution in [3.63, 3.8) is 0 Å². The van der Waals surface area contributed by atoms with Gasteiger partial charge < -0.3 is 15.2 Å². The van der Waals surface area contributed by atoms with Gasteiger partial charge in [-0.25, -0.2) is 4.79 Å². The number of aromatic nitrogens is 4. The molecule has 0 aliphatic heterocycles. The summed E-state index contributed by atoms with van der Waals surface area (Å²) in [5.74, 6) is -0.712. The molecule has 0 radical (unpaired) electrons. The van der Waals surface area contributed by atoms with Crippen molar-refractivity contribution in [3.8, 4) is 0 Å². The molecular weight excluding hydrogens is 290 g/mol. The molecule has 0 aliphatic carbocycles. The average Bonchev–Trinajstić information content (AvgIpc) is 2.77. The van der Waals surface area contributed by atoms with Gasteiger partial charge in [-0.2, -0.15) is 4.80 Å². The Morgan fingerprint density at radius 3 is 2.41 bits per heavy atom. The number of carboxylic acid groups (broad SMARTS) is 1. The van der Waals surface area contributed by atoms with E-state index in [1.54, 1.807) is 34.7 Å². The molecule has 0 saturated heterocycles. The molecule has 1 aromatic heterocycles. The van der Waals surface area contributed by atoms with E-state index in [-0.39, 0.29) is 13.0 Å². The van der Waals surface area contributed by atoms with Crippen molar-refractivity contribution in [1.82, 2.24) is 25.5 Å². The van der Waals surface area contributed by atoms with Crippen LogP contribution in [-0.2, 0) is 23.0 Å². The number of hydrogen-bond acceptors (Lipinski definition) is 6. The summed E-state index contributed by atoms with van der Waals surface area (Å²) >= 11 is 0. The SMILES string of the molecule is CCC(CNC(=O)OC(C)(C)C)(Cc1nnn(C)n1)C(=O)O. The number of carboxylic acids is 1. The lowest BCUT2D eigenvalue weighted by Crippen LogP contribution is -2.45. The smallest absolute Gasteiger partial charge is 0.407 e. The van der Waals surface area contributed by atoms with E-state index in [9.17, 15) is 14.7 Å². The lowest BCUT2D eigenvalue weighted by atomic mass is 9.81. The average molecular weight is 313 g/mol. The second-order valence-corrected chi connectivity index (χ2v) is 6.17. The summed E-state index contributed by atoms with van der Waals surface area (Å²) in [7, 11) is 1.60. The third-order valence-electron chi connectivity index (χ3n) is 3.15. The maximum atomic E-state index is 11.7. The van der Waals surface area contributed by atoms with E-state index in [0.717, 1.165) is 0 Å². The maximum absolute atomic E-state index is 11.7. The molecule has 1 heterocycles. The van der Waals surface area contributed by atoms with Crippen LogP contribution in [0.5, 0.6) is 0 Å². The number of carbonyl (C=O) groups excluding carboxylic acids is 1. The van der Waals surface area contributed by atoms with Crippen LogP contribution in [0.2, 0.25) is 0 Å². The Kier molecular flexibility index (Phi) is 5.45. The van der Waals surface area contributed by atoms with E-state index in [1.165, 1.54) is 4.80 Å². The van der Waals surface area contributed by atoms with Gasteiger partial charge in [-0.15, -0.1) is 10.2 Å². The molecule has 0 spiro atoms. The Hall–Kier alpha value is -2.19. The van der Waals surface area contributed by atoms with Gasteiger partial charge in [-0.05, 0) is 32.4 Å². The first-order valence-electron chi connectivity index (χ1n) is 7.01. The highest BCUT2D eigenvalue weighted by Crippen LogP contribution is 2.26. The first-order valence-corrected chi connectivity index (χ1v) is 7.01. The third-order valence-corrected chi connectivity index (χ3v) is 3.15. The van der Waals surface area contributed by atoms with Gasteiger partial charge in [0.05, 0.1) is 12.5 Å². The van der Waals surface area contributed by atoms with E-state index >= 15 is 0 Å². The predicted molar refractivity (Wildman–Crippen MR) is 77.1 cm³/mol. The standard InChI is InChI=1S/C13H23N5O4/c1-6-13(10(19)20,7-9-15-17-18(5)16-9)8-14-11(21)22-12(2,3)4/h6-8H2,1-5H3,(H,14,21)(H,19,20). The number of ether oxygens (including phenoxy) is 1. The number of carbonyl (C=O) groups is 2. The fourth-order valence-corrected chi connectivity index (χ4v) is 1.87. The van der Waals surface area contributed by atoms with Crippen LogP contribution in [0.3, 0.4) is 0 Å². The second kappa shape index (κ2) is 6.71. The van der Waals surface area contributed by atoms with Crippen molar-refractivity contribution in [2.24, 2.45) is 12.5 Å². The number of hydrogen-bond donors (Lipinski definition) is 2. The van der Waals surface area contributed by atoms with Crippen LogP contribution >= 0.6 is 0 Å². The van der Waals surface area contributed by atoms with Crippen LogP contribution in [-0.4, -0.2) is 49.5 Å². The molecule has 0 bridgehead atoms. The maximum Gasteiger partial charge on any atom is 0.407 e. The summed E-state index contributed by atoms with van der Waals surface area (Å²) in [5.41, 5.74) is -1.85.